The Labute approximate surface area is 152 Å². The van der Waals surface area contributed by atoms with Gasteiger partial charge in [0.15, 0.2) is 0 Å². The molecule has 140 valence electrons. The average Bonchev–Trinajstić information content (AvgIpc) is 2.43. The molecular weight excluding hydrogens is 464 g/mol. The number of rotatable bonds is 4. The van der Waals surface area contributed by atoms with Crippen molar-refractivity contribution in [1.82, 2.24) is 0 Å². The molecule has 0 saturated carbocycles. The third-order valence-corrected chi connectivity index (χ3v) is 14.2. The summed E-state index contributed by atoms with van der Waals surface area (Å²) in [6.45, 7) is 6.86. The van der Waals surface area contributed by atoms with Crippen LogP contribution in [0.3, 0.4) is 0 Å². The summed E-state index contributed by atoms with van der Waals surface area (Å²) in [5.74, 6) is 0.798. The van der Waals surface area contributed by atoms with Gasteiger partial charge in [0.1, 0.15) is 0 Å². The van der Waals surface area contributed by atoms with Gasteiger partial charge in [-0.3, -0.25) is 0 Å². The number of halogens is 6. The summed E-state index contributed by atoms with van der Waals surface area (Å²) >= 11 is -1.82. The fourth-order valence-corrected chi connectivity index (χ4v) is 11.6. The van der Waals surface area contributed by atoms with Gasteiger partial charge in [0.05, 0.1) is 0 Å². The first-order chi connectivity index (χ1) is 11.1. The minimum atomic E-state index is -10.7. The van der Waals surface area contributed by atoms with E-state index < -0.39 is 29.2 Å². The summed E-state index contributed by atoms with van der Waals surface area (Å²) in [7, 11) is -10.7. The van der Waals surface area contributed by atoms with Crippen LogP contribution in [0.15, 0.2) is 54.6 Å². The SMILES string of the molecule is Cc1cc[c]([In]([CH2]C(C)C)[c]2ccccc2)cc1.F[P-](F)(F)(F)(F)F. The number of aryl methyl sites for hydroxylation is 1. The van der Waals surface area contributed by atoms with Crippen LogP contribution in [0.2, 0.25) is 4.18 Å². The fraction of sp³-hybridized carbons (Fsp3) is 0.294. The van der Waals surface area contributed by atoms with Crippen LogP contribution in [0.4, 0.5) is 25.2 Å². The van der Waals surface area contributed by atoms with Crippen molar-refractivity contribution >= 4 is 35.9 Å². The Hall–Kier alpha value is -0.680. The van der Waals surface area contributed by atoms with Crippen LogP contribution in [0.25, 0.3) is 0 Å². The molecule has 0 aromatic heterocycles. The van der Waals surface area contributed by atoms with Crippen molar-refractivity contribution < 1.29 is 25.2 Å². The van der Waals surface area contributed by atoms with Crippen molar-refractivity contribution in [2.24, 2.45) is 5.92 Å². The molecule has 2 aromatic carbocycles. The number of benzene rings is 2. The Balaban J connectivity index is 0.000000381. The van der Waals surface area contributed by atoms with Gasteiger partial charge in [-0.25, -0.2) is 0 Å². The molecule has 2 rings (SSSR count). The van der Waals surface area contributed by atoms with E-state index in [1.54, 1.807) is 6.64 Å². The zero-order valence-electron chi connectivity index (χ0n) is 14.3. The number of hydrogen-bond acceptors (Lipinski definition) is 0. The molecule has 0 aliphatic rings. The first-order valence-corrected chi connectivity index (χ1v) is 15.4. The third kappa shape index (κ3) is 12.3. The van der Waals surface area contributed by atoms with Gasteiger partial charge in [0.2, 0.25) is 0 Å². The van der Waals surface area contributed by atoms with Crippen LogP contribution in [-0.4, -0.2) is 21.4 Å². The van der Waals surface area contributed by atoms with E-state index in [2.05, 4.69) is 75.4 Å². The quantitative estimate of drug-likeness (QED) is 0.337. The monoisotopic (exact) mass is 485 g/mol. The molecule has 0 spiro atoms. The summed E-state index contributed by atoms with van der Waals surface area (Å²) in [6, 6.07) is 20.4. The molecule has 0 saturated heterocycles. The molecule has 0 fully saturated rings. The molecule has 0 unspecified atom stereocenters. The standard InChI is InChI=1S/C7H7.C6H5.C4H9.F6P.In/c1-7-5-3-2-4-6-7;1-2-4-6-5-3-1;1-4(2)3;1-7(2,3,4,5)6;/h3-6H,1H3;1-5H;4H,1H2,2-3H3;;/q;;;-1;. The van der Waals surface area contributed by atoms with Crippen LogP contribution in [0.5, 0.6) is 0 Å². The number of hydrogen-bond donors (Lipinski definition) is 0. The van der Waals surface area contributed by atoms with Crippen molar-refractivity contribution in [3.8, 4) is 0 Å². The van der Waals surface area contributed by atoms with Gasteiger partial charge in [-0.1, -0.05) is 0 Å². The third-order valence-electron chi connectivity index (χ3n) is 3.39. The normalized spacial score (nSPS) is 14.2. The Morgan fingerprint density at radius 3 is 1.56 bits per heavy atom. The second-order valence-electron chi connectivity index (χ2n) is 6.46. The summed E-state index contributed by atoms with van der Waals surface area (Å²) < 4.78 is 63.9. The second kappa shape index (κ2) is 7.51. The molecule has 0 heterocycles. The van der Waals surface area contributed by atoms with Crippen molar-refractivity contribution in [2.75, 3.05) is 0 Å². The molecule has 0 N–H and O–H groups in total. The molecule has 0 amide bonds. The van der Waals surface area contributed by atoms with E-state index in [-0.39, 0.29) is 0 Å². The zero-order chi connectivity index (χ0) is 19.4. The van der Waals surface area contributed by atoms with Crippen molar-refractivity contribution in [3.63, 3.8) is 0 Å². The predicted octanol–water partition coefficient (Wildman–Crippen LogP) is 6.64. The Kier molecular flexibility index (Phi) is 6.72. The van der Waals surface area contributed by atoms with Gasteiger partial charge in [-0.2, -0.15) is 0 Å². The topological polar surface area (TPSA) is 0 Å². The van der Waals surface area contributed by atoms with Crippen molar-refractivity contribution in [3.05, 3.63) is 60.2 Å². The van der Waals surface area contributed by atoms with E-state index in [1.165, 1.54) is 9.74 Å². The Morgan fingerprint density at radius 2 is 1.16 bits per heavy atom. The van der Waals surface area contributed by atoms with E-state index in [4.69, 9.17) is 0 Å². The molecular formula is C17H21F6InP-. The van der Waals surface area contributed by atoms with E-state index in [0.717, 1.165) is 5.92 Å². The van der Waals surface area contributed by atoms with Gasteiger partial charge < -0.3 is 0 Å². The van der Waals surface area contributed by atoms with Gasteiger partial charge in [-0.15, -0.1) is 0 Å². The molecule has 0 aliphatic heterocycles. The van der Waals surface area contributed by atoms with Crippen molar-refractivity contribution in [1.29, 1.82) is 0 Å². The van der Waals surface area contributed by atoms with Crippen LogP contribution in [-0.2, 0) is 0 Å². The molecule has 0 atom stereocenters. The molecule has 0 nitrogen and oxygen atoms in total. The summed E-state index contributed by atoms with van der Waals surface area (Å²) in [4.78, 5) is 0. The Bertz CT molecular complexity index is 654. The molecule has 8 heteroatoms. The maximum absolute atomic E-state index is 10.7. The van der Waals surface area contributed by atoms with Gasteiger partial charge in [-0.05, 0) is 0 Å². The van der Waals surface area contributed by atoms with Crippen LogP contribution >= 0.6 is 7.81 Å². The van der Waals surface area contributed by atoms with Crippen molar-refractivity contribution in [2.45, 2.75) is 24.9 Å². The van der Waals surface area contributed by atoms with E-state index in [9.17, 15) is 25.2 Å². The van der Waals surface area contributed by atoms with E-state index >= 15 is 0 Å². The van der Waals surface area contributed by atoms with Crippen LogP contribution < -0.4 is 6.64 Å². The van der Waals surface area contributed by atoms with Gasteiger partial charge in [0, 0.05) is 0 Å². The summed E-state index contributed by atoms with van der Waals surface area (Å²) in [5.41, 5.74) is 1.36. The molecule has 25 heavy (non-hydrogen) atoms. The van der Waals surface area contributed by atoms with E-state index in [0.29, 0.717) is 0 Å². The van der Waals surface area contributed by atoms with Crippen LogP contribution in [0, 0.1) is 12.8 Å². The second-order valence-corrected chi connectivity index (χ2v) is 16.7. The first-order valence-electron chi connectivity index (χ1n) is 7.79. The van der Waals surface area contributed by atoms with Gasteiger partial charge >= 0.3 is 152 Å². The summed E-state index contributed by atoms with van der Waals surface area (Å²) in [6.07, 6.45) is 0. The minimum absolute atomic E-state index is 0.798. The Morgan fingerprint density at radius 1 is 0.760 bits per heavy atom. The molecule has 0 aliphatic carbocycles. The zero-order valence-corrected chi connectivity index (χ0v) is 18.5. The van der Waals surface area contributed by atoms with Crippen LogP contribution in [0.1, 0.15) is 19.4 Å². The van der Waals surface area contributed by atoms with E-state index in [1.807, 2.05) is 0 Å². The average molecular weight is 485 g/mol. The summed E-state index contributed by atoms with van der Waals surface area (Å²) in [5, 5.41) is 0. The van der Waals surface area contributed by atoms with Gasteiger partial charge in [0.25, 0.3) is 0 Å². The molecule has 0 radical (unpaired) electrons. The molecule has 0 bridgehead atoms. The predicted molar refractivity (Wildman–Crippen MR) is 95.9 cm³/mol. The fourth-order valence-electron chi connectivity index (χ4n) is 2.42. The molecule has 2 aromatic rings. The first kappa shape index (κ1) is 22.4. The maximum atomic E-state index is 9.87.